The lowest BCUT2D eigenvalue weighted by molar-refractivity contribution is 0.366. The Morgan fingerprint density at radius 3 is 2.36 bits per heavy atom. The van der Waals surface area contributed by atoms with E-state index in [2.05, 4.69) is 31.6 Å². The summed E-state index contributed by atoms with van der Waals surface area (Å²) in [6.45, 7) is 7.13. The van der Waals surface area contributed by atoms with Gasteiger partial charge in [-0.3, -0.25) is 4.31 Å². The van der Waals surface area contributed by atoms with Crippen LogP contribution in [0.2, 0.25) is 0 Å². The highest BCUT2D eigenvalue weighted by atomic mass is 32.1. The van der Waals surface area contributed by atoms with Gasteiger partial charge in [0.05, 0.1) is 0 Å². The maximum Gasteiger partial charge on any atom is 0.292 e. The number of aromatic nitrogens is 1. The molecule has 4 N–H and O–H groups in total. The zero-order valence-electron chi connectivity index (χ0n) is 15.2. The molecule has 7 heteroatoms. The molecular formula is C18H31FN4OS. The van der Waals surface area contributed by atoms with Gasteiger partial charge in [-0.25, -0.2) is 4.39 Å². The molecule has 0 bridgehead atoms. The molecule has 1 heterocycles. The molecule has 1 aliphatic carbocycles. The van der Waals surface area contributed by atoms with Gasteiger partial charge in [0, 0.05) is 19.2 Å². The summed E-state index contributed by atoms with van der Waals surface area (Å²) in [4.78, 5) is 3.80. The third-order valence-corrected chi connectivity index (χ3v) is 4.72. The normalized spacial score (nSPS) is 14.6. The minimum absolute atomic E-state index is 0.0607. The SMILES string of the molecule is CCN(S)CC.NCC1CCCCC1.Nc1nc2ccc(F)cc2o1. The molecule has 0 unspecified atom stereocenters. The van der Waals surface area contributed by atoms with Gasteiger partial charge in [0.25, 0.3) is 6.01 Å². The molecule has 142 valence electrons. The van der Waals surface area contributed by atoms with Crippen molar-refractivity contribution in [2.45, 2.75) is 46.0 Å². The number of nitrogen functional groups attached to an aromatic ring is 1. The number of nitrogens with zero attached hydrogens (tertiary/aromatic N) is 2. The van der Waals surface area contributed by atoms with Gasteiger partial charge in [-0.1, -0.05) is 45.9 Å². The molecule has 0 aliphatic heterocycles. The van der Waals surface area contributed by atoms with Crippen molar-refractivity contribution in [3.63, 3.8) is 0 Å². The lowest BCUT2D eigenvalue weighted by Gasteiger charge is -2.18. The Bertz CT molecular complexity index is 598. The molecule has 1 fully saturated rings. The van der Waals surface area contributed by atoms with E-state index in [1.807, 2.05) is 4.31 Å². The number of rotatable bonds is 3. The Hall–Kier alpha value is -1.31. The van der Waals surface area contributed by atoms with Crippen molar-refractivity contribution in [3.8, 4) is 0 Å². The number of benzene rings is 1. The number of hydrogen-bond donors (Lipinski definition) is 3. The minimum atomic E-state index is -0.353. The Morgan fingerprint density at radius 2 is 1.88 bits per heavy atom. The Balaban J connectivity index is 0.000000199. The fraction of sp³-hybridized carbons (Fsp3) is 0.611. The Morgan fingerprint density at radius 1 is 1.24 bits per heavy atom. The predicted octanol–water partition coefficient (Wildman–Crippen LogP) is 4.25. The van der Waals surface area contributed by atoms with Gasteiger partial charge >= 0.3 is 0 Å². The van der Waals surface area contributed by atoms with Crippen LogP contribution in [0.1, 0.15) is 46.0 Å². The number of hydrogen-bond acceptors (Lipinski definition) is 6. The molecule has 25 heavy (non-hydrogen) atoms. The van der Waals surface area contributed by atoms with Crippen LogP contribution >= 0.6 is 12.8 Å². The number of fused-ring (bicyclic) bond motifs is 1. The van der Waals surface area contributed by atoms with Crippen LogP contribution < -0.4 is 11.5 Å². The maximum atomic E-state index is 12.5. The van der Waals surface area contributed by atoms with Crippen LogP contribution in [0.3, 0.4) is 0 Å². The van der Waals surface area contributed by atoms with Crippen LogP contribution in [0.25, 0.3) is 11.1 Å². The topological polar surface area (TPSA) is 81.3 Å². The summed E-state index contributed by atoms with van der Waals surface area (Å²) in [7, 11) is 0. The zero-order valence-corrected chi connectivity index (χ0v) is 16.1. The molecule has 0 radical (unpaired) electrons. The fourth-order valence-electron chi connectivity index (χ4n) is 2.56. The van der Waals surface area contributed by atoms with E-state index in [0.717, 1.165) is 25.6 Å². The first-order valence-electron chi connectivity index (χ1n) is 8.95. The summed E-state index contributed by atoms with van der Waals surface area (Å²) in [5.41, 5.74) is 11.7. The fourth-order valence-corrected chi connectivity index (χ4v) is 2.56. The number of nitrogens with two attached hydrogens (primary N) is 2. The maximum absolute atomic E-state index is 12.5. The molecule has 0 spiro atoms. The lowest BCUT2D eigenvalue weighted by Crippen LogP contribution is -2.16. The van der Waals surface area contributed by atoms with E-state index in [9.17, 15) is 4.39 Å². The summed E-state index contributed by atoms with van der Waals surface area (Å²) >= 11 is 4.06. The standard InChI is InChI=1S/C7H5FN2O.C7H15N.C4H11NS/c8-4-1-2-5-6(3-4)11-7(9)10-5;8-6-7-4-2-1-3-5-7;1-3-5(6)4-2/h1-3H,(H2,9,10);7H,1-6,8H2;6H,3-4H2,1-2H3. The lowest BCUT2D eigenvalue weighted by atomic mass is 9.90. The van der Waals surface area contributed by atoms with Gasteiger partial charge in [0.1, 0.15) is 11.3 Å². The smallest absolute Gasteiger partial charge is 0.292 e. The van der Waals surface area contributed by atoms with Crippen molar-refractivity contribution in [1.82, 2.24) is 9.29 Å². The highest BCUT2D eigenvalue weighted by Crippen LogP contribution is 2.21. The molecule has 1 aromatic carbocycles. The minimum Gasteiger partial charge on any atom is -0.424 e. The average molecular weight is 371 g/mol. The second-order valence-corrected chi connectivity index (χ2v) is 6.61. The first-order valence-corrected chi connectivity index (χ1v) is 9.35. The van der Waals surface area contributed by atoms with Gasteiger partial charge < -0.3 is 15.9 Å². The van der Waals surface area contributed by atoms with Crippen LogP contribution in [-0.2, 0) is 0 Å². The summed E-state index contributed by atoms with van der Waals surface area (Å²) in [5.74, 6) is 0.511. The Labute approximate surface area is 155 Å². The molecule has 1 aromatic heterocycles. The van der Waals surface area contributed by atoms with Crippen molar-refractivity contribution < 1.29 is 8.81 Å². The van der Waals surface area contributed by atoms with Crippen molar-refractivity contribution in [2.24, 2.45) is 11.7 Å². The summed E-state index contributed by atoms with van der Waals surface area (Å²) in [6.07, 6.45) is 7.05. The van der Waals surface area contributed by atoms with Gasteiger partial charge in [0.15, 0.2) is 5.58 Å². The third kappa shape index (κ3) is 8.56. The molecule has 3 rings (SSSR count). The van der Waals surface area contributed by atoms with Crippen molar-refractivity contribution in [2.75, 3.05) is 25.4 Å². The highest BCUT2D eigenvalue weighted by molar-refractivity contribution is 7.77. The van der Waals surface area contributed by atoms with E-state index in [0.29, 0.717) is 11.1 Å². The zero-order chi connectivity index (χ0) is 18.7. The van der Waals surface area contributed by atoms with Gasteiger partial charge in [-0.2, -0.15) is 4.98 Å². The van der Waals surface area contributed by atoms with Gasteiger partial charge in [-0.15, -0.1) is 0 Å². The van der Waals surface area contributed by atoms with E-state index in [1.54, 1.807) is 0 Å². The predicted molar refractivity (Wildman–Crippen MR) is 106 cm³/mol. The summed E-state index contributed by atoms with van der Waals surface area (Å²) < 4.78 is 19.3. The largest absolute Gasteiger partial charge is 0.424 e. The first kappa shape index (κ1) is 21.7. The van der Waals surface area contributed by atoms with Crippen molar-refractivity contribution >= 4 is 29.9 Å². The van der Waals surface area contributed by atoms with Crippen LogP contribution in [0.4, 0.5) is 10.4 Å². The van der Waals surface area contributed by atoms with Crippen LogP contribution in [0.15, 0.2) is 22.6 Å². The van der Waals surface area contributed by atoms with E-state index in [-0.39, 0.29) is 11.8 Å². The second-order valence-electron chi connectivity index (χ2n) is 6.04. The second kappa shape index (κ2) is 12.1. The molecule has 2 aromatic rings. The highest BCUT2D eigenvalue weighted by Gasteiger charge is 2.10. The number of thiol groups is 1. The van der Waals surface area contributed by atoms with Crippen LogP contribution in [0, 0.1) is 11.7 Å². The van der Waals surface area contributed by atoms with E-state index in [1.165, 1.54) is 50.3 Å². The van der Waals surface area contributed by atoms with E-state index in [4.69, 9.17) is 15.9 Å². The third-order valence-electron chi connectivity index (χ3n) is 4.16. The molecule has 5 nitrogen and oxygen atoms in total. The molecule has 1 aliphatic rings. The monoisotopic (exact) mass is 370 g/mol. The van der Waals surface area contributed by atoms with E-state index < -0.39 is 0 Å². The quantitative estimate of drug-likeness (QED) is 0.704. The summed E-state index contributed by atoms with van der Waals surface area (Å²) in [6, 6.07) is 4.14. The van der Waals surface area contributed by atoms with Crippen molar-refractivity contribution in [3.05, 3.63) is 24.0 Å². The molecule has 1 saturated carbocycles. The molecule has 0 atom stereocenters. The van der Waals surface area contributed by atoms with Crippen LogP contribution in [0.5, 0.6) is 0 Å². The Kier molecular flexibility index (Phi) is 10.5. The molecule has 0 amide bonds. The number of oxazole rings is 1. The molecular weight excluding hydrogens is 339 g/mol. The van der Waals surface area contributed by atoms with Crippen LogP contribution in [-0.4, -0.2) is 28.9 Å². The number of halogens is 1. The van der Waals surface area contributed by atoms with E-state index >= 15 is 0 Å². The van der Waals surface area contributed by atoms with Crippen molar-refractivity contribution in [1.29, 1.82) is 0 Å². The summed E-state index contributed by atoms with van der Waals surface area (Å²) in [5, 5.41) is 0. The number of anilines is 1. The molecule has 0 saturated heterocycles. The average Bonchev–Trinajstić information content (AvgIpc) is 3.02. The van der Waals surface area contributed by atoms with Gasteiger partial charge in [0.2, 0.25) is 0 Å². The first-order chi connectivity index (χ1) is 12.0. The van der Waals surface area contributed by atoms with Gasteiger partial charge in [-0.05, 0) is 37.4 Å².